The van der Waals surface area contributed by atoms with Crippen LogP contribution in [0.1, 0.15) is 17.0 Å². The highest BCUT2D eigenvalue weighted by Gasteiger charge is 2.14. The van der Waals surface area contributed by atoms with Crippen LogP contribution >= 0.6 is 35.4 Å². The number of ether oxygens (including phenoxy) is 1. The van der Waals surface area contributed by atoms with Gasteiger partial charge in [0.1, 0.15) is 11.5 Å². The minimum absolute atomic E-state index is 0.406. The Kier molecular flexibility index (Phi) is 7.18. The van der Waals surface area contributed by atoms with E-state index in [1.54, 1.807) is 18.2 Å². The largest absolute Gasteiger partial charge is 0.457 e. The number of benzene rings is 3. The average molecular weight is 497 g/mol. The minimum Gasteiger partial charge on any atom is -0.457 e. The molecule has 0 unspecified atom stereocenters. The summed E-state index contributed by atoms with van der Waals surface area (Å²) < 4.78 is 7.89. The molecule has 168 valence electrons. The maximum Gasteiger partial charge on any atom is 0.175 e. The molecule has 0 saturated heterocycles. The third-order valence-electron chi connectivity index (χ3n) is 5.01. The lowest BCUT2D eigenvalue weighted by Gasteiger charge is -2.13. The van der Waals surface area contributed by atoms with Crippen molar-refractivity contribution >= 4 is 51.9 Å². The van der Waals surface area contributed by atoms with Crippen molar-refractivity contribution < 1.29 is 4.74 Å². The molecule has 5 nitrogen and oxygen atoms in total. The Bertz CT molecular complexity index is 1290. The van der Waals surface area contributed by atoms with E-state index >= 15 is 0 Å². The molecule has 8 heteroatoms. The molecule has 0 bridgehead atoms. The van der Waals surface area contributed by atoms with Crippen molar-refractivity contribution in [1.29, 1.82) is 0 Å². The lowest BCUT2D eigenvalue weighted by atomic mass is 10.2. The highest BCUT2D eigenvalue weighted by atomic mass is 35.5. The molecule has 0 atom stereocenters. The van der Waals surface area contributed by atoms with Gasteiger partial charge in [-0.25, -0.2) is 0 Å². The standard InChI is InChI=1S/C25H22Cl2N4OS/c1-16-24(29-25(33)28-23-14-19(26)11-12-22(23)27)17(2)31(30-16)15-18-7-6-10-21(13-18)32-20-8-4-3-5-9-20/h3-14H,15H2,1-2H3,(H2,28,29,33). The van der Waals surface area contributed by atoms with E-state index < -0.39 is 0 Å². The summed E-state index contributed by atoms with van der Waals surface area (Å²) in [7, 11) is 0. The first-order valence-corrected chi connectivity index (χ1v) is 11.4. The second-order valence-electron chi connectivity index (χ2n) is 7.47. The first-order valence-electron chi connectivity index (χ1n) is 10.3. The van der Waals surface area contributed by atoms with Gasteiger partial charge in [0.25, 0.3) is 0 Å². The zero-order chi connectivity index (χ0) is 23.4. The molecule has 1 heterocycles. The molecule has 1 aromatic heterocycles. The third kappa shape index (κ3) is 5.85. The van der Waals surface area contributed by atoms with E-state index in [1.807, 2.05) is 67.1 Å². The van der Waals surface area contributed by atoms with Crippen molar-refractivity contribution in [1.82, 2.24) is 9.78 Å². The average Bonchev–Trinajstić information content (AvgIpc) is 3.04. The van der Waals surface area contributed by atoms with E-state index in [9.17, 15) is 0 Å². The summed E-state index contributed by atoms with van der Waals surface area (Å²) in [6.45, 7) is 4.54. The first-order chi connectivity index (χ1) is 15.9. The number of para-hydroxylation sites is 1. The van der Waals surface area contributed by atoms with E-state index in [-0.39, 0.29) is 0 Å². The second-order valence-corrected chi connectivity index (χ2v) is 8.72. The molecule has 0 aliphatic carbocycles. The van der Waals surface area contributed by atoms with Crippen LogP contribution in [0.5, 0.6) is 11.5 Å². The summed E-state index contributed by atoms with van der Waals surface area (Å²) in [5.74, 6) is 1.58. The van der Waals surface area contributed by atoms with Crippen LogP contribution in [0.2, 0.25) is 10.0 Å². The van der Waals surface area contributed by atoms with Gasteiger partial charge >= 0.3 is 0 Å². The number of anilines is 2. The summed E-state index contributed by atoms with van der Waals surface area (Å²) in [5, 5.41) is 12.5. The highest BCUT2D eigenvalue weighted by Crippen LogP contribution is 2.27. The number of hydrogen-bond acceptors (Lipinski definition) is 3. The maximum atomic E-state index is 6.23. The Morgan fingerprint density at radius 3 is 2.48 bits per heavy atom. The molecule has 0 fully saturated rings. The van der Waals surface area contributed by atoms with Crippen molar-refractivity contribution in [2.75, 3.05) is 10.6 Å². The van der Waals surface area contributed by atoms with Gasteiger partial charge in [-0.15, -0.1) is 0 Å². The summed E-state index contributed by atoms with van der Waals surface area (Å²) in [6, 6.07) is 22.9. The summed E-state index contributed by atoms with van der Waals surface area (Å²) in [4.78, 5) is 0. The van der Waals surface area contributed by atoms with Crippen LogP contribution in [0.3, 0.4) is 0 Å². The molecule has 3 aromatic carbocycles. The third-order valence-corrected chi connectivity index (χ3v) is 5.78. The molecule has 33 heavy (non-hydrogen) atoms. The van der Waals surface area contributed by atoms with Gasteiger partial charge in [-0.1, -0.05) is 53.5 Å². The Balaban J connectivity index is 1.47. The van der Waals surface area contributed by atoms with E-state index in [2.05, 4.69) is 21.8 Å². The van der Waals surface area contributed by atoms with Gasteiger partial charge in [-0.3, -0.25) is 4.68 Å². The van der Waals surface area contributed by atoms with Gasteiger partial charge in [0, 0.05) is 5.02 Å². The molecular formula is C25H22Cl2N4OS. The number of nitrogens with zero attached hydrogens (tertiary/aromatic N) is 2. The molecule has 0 aliphatic heterocycles. The fourth-order valence-corrected chi connectivity index (χ4v) is 3.95. The monoisotopic (exact) mass is 496 g/mol. The SMILES string of the molecule is Cc1nn(Cc2cccc(Oc3ccccc3)c2)c(C)c1NC(=S)Nc1cc(Cl)ccc1Cl. The van der Waals surface area contributed by atoms with Crippen LogP contribution in [0.15, 0.2) is 72.8 Å². The van der Waals surface area contributed by atoms with E-state index in [0.717, 1.165) is 34.1 Å². The van der Waals surface area contributed by atoms with Crippen LogP contribution in [-0.4, -0.2) is 14.9 Å². The number of aromatic nitrogens is 2. The number of rotatable bonds is 6. The molecule has 2 N–H and O–H groups in total. The number of hydrogen-bond donors (Lipinski definition) is 2. The number of nitrogens with one attached hydrogen (secondary N) is 2. The summed E-state index contributed by atoms with van der Waals surface area (Å²) in [6.07, 6.45) is 0. The van der Waals surface area contributed by atoms with E-state index in [1.165, 1.54) is 0 Å². The molecule has 0 radical (unpaired) electrons. The molecule has 0 spiro atoms. The van der Waals surface area contributed by atoms with Crippen molar-refractivity contribution in [3.8, 4) is 11.5 Å². The zero-order valence-corrected chi connectivity index (χ0v) is 20.4. The predicted molar refractivity (Wildman–Crippen MR) is 140 cm³/mol. The fourth-order valence-electron chi connectivity index (χ4n) is 3.40. The Morgan fingerprint density at radius 2 is 1.70 bits per heavy atom. The molecule has 0 saturated carbocycles. The molecule has 0 aliphatic rings. The van der Waals surface area contributed by atoms with Crippen LogP contribution in [0.4, 0.5) is 11.4 Å². The van der Waals surface area contributed by atoms with Crippen LogP contribution in [0, 0.1) is 13.8 Å². The lowest BCUT2D eigenvalue weighted by molar-refractivity contribution is 0.481. The minimum atomic E-state index is 0.406. The fraction of sp³-hybridized carbons (Fsp3) is 0.120. The lowest BCUT2D eigenvalue weighted by Crippen LogP contribution is -2.20. The smallest absolute Gasteiger partial charge is 0.175 e. The summed E-state index contributed by atoms with van der Waals surface area (Å²) in [5.41, 5.74) is 4.36. The van der Waals surface area contributed by atoms with Crippen molar-refractivity contribution in [3.05, 3.63) is 99.8 Å². The van der Waals surface area contributed by atoms with Crippen molar-refractivity contribution in [2.24, 2.45) is 0 Å². The van der Waals surface area contributed by atoms with E-state index in [0.29, 0.717) is 27.4 Å². The first kappa shape index (κ1) is 23.1. The number of halogens is 2. The molecule has 4 aromatic rings. The number of aryl methyl sites for hydroxylation is 1. The molecule has 4 rings (SSSR count). The Hall–Kier alpha value is -3.06. The van der Waals surface area contributed by atoms with Crippen LogP contribution in [-0.2, 0) is 6.54 Å². The van der Waals surface area contributed by atoms with Gasteiger partial charge in [0.15, 0.2) is 5.11 Å². The van der Waals surface area contributed by atoms with Crippen molar-refractivity contribution in [3.63, 3.8) is 0 Å². The predicted octanol–water partition coefficient (Wildman–Crippen LogP) is 7.46. The Labute approximate surface area is 208 Å². The van der Waals surface area contributed by atoms with Gasteiger partial charge in [-0.2, -0.15) is 5.10 Å². The zero-order valence-electron chi connectivity index (χ0n) is 18.1. The molecule has 0 amide bonds. The van der Waals surface area contributed by atoms with Crippen LogP contribution in [0.25, 0.3) is 0 Å². The van der Waals surface area contributed by atoms with Crippen molar-refractivity contribution in [2.45, 2.75) is 20.4 Å². The van der Waals surface area contributed by atoms with Gasteiger partial charge < -0.3 is 15.4 Å². The molecular weight excluding hydrogens is 475 g/mol. The Morgan fingerprint density at radius 1 is 0.939 bits per heavy atom. The van der Waals surface area contributed by atoms with Crippen LogP contribution < -0.4 is 15.4 Å². The van der Waals surface area contributed by atoms with Gasteiger partial charge in [0.05, 0.1) is 34.3 Å². The maximum absolute atomic E-state index is 6.23. The highest BCUT2D eigenvalue weighted by molar-refractivity contribution is 7.80. The summed E-state index contributed by atoms with van der Waals surface area (Å²) >= 11 is 17.8. The second kappa shape index (κ2) is 10.3. The van der Waals surface area contributed by atoms with Gasteiger partial charge in [-0.05, 0) is 74.1 Å². The normalized spacial score (nSPS) is 10.7. The topological polar surface area (TPSA) is 51.1 Å². The number of thiocarbonyl (C=S) groups is 1. The quantitative estimate of drug-likeness (QED) is 0.271. The van der Waals surface area contributed by atoms with Gasteiger partial charge in [0.2, 0.25) is 0 Å². The van der Waals surface area contributed by atoms with E-state index in [4.69, 9.17) is 40.2 Å².